The number of hydrogen-bond donors (Lipinski definition) is 4. The number of aryl methyl sites for hydroxylation is 1. The van der Waals surface area contributed by atoms with Crippen LogP contribution >= 0.6 is 0 Å². The SMILES string of the molecule is CC(=O)Nc1ccc(C(=O)NNC(=O)Nc2ccccc2C)cc1. The molecule has 0 aliphatic rings. The van der Waals surface area contributed by atoms with Crippen molar-refractivity contribution >= 4 is 29.2 Å². The zero-order chi connectivity index (χ0) is 17.5. The van der Waals surface area contributed by atoms with E-state index in [0.717, 1.165) is 5.56 Å². The number of hydrazine groups is 1. The summed E-state index contributed by atoms with van der Waals surface area (Å²) in [6.07, 6.45) is 0. The summed E-state index contributed by atoms with van der Waals surface area (Å²) in [6, 6.07) is 13.0. The lowest BCUT2D eigenvalue weighted by molar-refractivity contribution is -0.114. The molecule has 2 aromatic carbocycles. The van der Waals surface area contributed by atoms with Crippen LogP contribution in [0.2, 0.25) is 0 Å². The van der Waals surface area contributed by atoms with E-state index in [2.05, 4.69) is 21.5 Å². The maximum Gasteiger partial charge on any atom is 0.337 e. The Morgan fingerprint density at radius 2 is 1.50 bits per heavy atom. The molecule has 0 aromatic heterocycles. The van der Waals surface area contributed by atoms with Crippen LogP contribution in [0.5, 0.6) is 0 Å². The van der Waals surface area contributed by atoms with Crippen LogP contribution in [0, 0.1) is 6.92 Å². The zero-order valence-corrected chi connectivity index (χ0v) is 13.3. The molecule has 0 heterocycles. The summed E-state index contributed by atoms with van der Waals surface area (Å²) < 4.78 is 0. The topological polar surface area (TPSA) is 99.3 Å². The number of carbonyl (C=O) groups excluding carboxylic acids is 3. The molecule has 124 valence electrons. The van der Waals surface area contributed by atoms with Crippen LogP contribution in [0.1, 0.15) is 22.8 Å². The molecule has 0 saturated carbocycles. The number of benzene rings is 2. The summed E-state index contributed by atoms with van der Waals surface area (Å²) in [4.78, 5) is 34.7. The van der Waals surface area contributed by atoms with Gasteiger partial charge in [0.05, 0.1) is 0 Å². The fraction of sp³-hybridized carbons (Fsp3) is 0.118. The third-order valence-electron chi connectivity index (χ3n) is 3.15. The van der Waals surface area contributed by atoms with Gasteiger partial charge in [-0.2, -0.15) is 0 Å². The third kappa shape index (κ3) is 4.84. The highest BCUT2D eigenvalue weighted by molar-refractivity contribution is 5.98. The van der Waals surface area contributed by atoms with Crippen molar-refractivity contribution in [3.63, 3.8) is 0 Å². The van der Waals surface area contributed by atoms with Crippen molar-refractivity contribution in [1.82, 2.24) is 10.9 Å². The Hall–Kier alpha value is -3.35. The standard InChI is InChI=1S/C17H18N4O3/c1-11-5-3-4-6-15(11)19-17(24)21-20-16(23)13-7-9-14(10-8-13)18-12(2)22/h3-10H,1-2H3,(H,18,22)(H,20,23)(H2,19,21,24). The van der Waals surface area contributed by atoms with Gasteiger partial charge >= 0.3 is 6.03 Å². The lowest BCUT2D eigenvalue weighted by Crippen LogP contribution is -2.44. The van der Waals surface area contributed by atoms with Crippen LogP contribution in [-0.4, -0.2) is 17.8 Å². The summed E-state index contributed by atoms with van der Waals surface area (Å²) in [6.45, 7) is 3.27. The predicted molar refractivity (Wildman–Crippen MR) is 91.5 cm³/mol. The molecule has 2 rings (SSSR count). The number of hydrogen-bond acceptors (Lipinski definition) is 3. The molecule has 0 aliphatic heterocycles. The minimum Gasteiger partial charge on any atom is -0.326 e. The van der Waals surface area contributed by atoms with Gasteiger partial charge in [0.2, 0.25) is 5.91 Å². The highest BCUT2D eigenvalue weighted by Gasteiger charge is 2.08. The zero-order valence-electron chi connectivity index (χ0n) is 13.3. The van der Waals surface area contributed by atoms with Crippen LogP contribution < -0.4 is 21.5 Å². The molecule has 0 bridgehead atoms. The maximum absolute atomic E-state index is 12.0. The normalized spacial score (nSPS) is 9.75. The van der Waals surface area contributed by atoms with E-state index in [4.69, 9.17) is 0 Å². The summed E-state index contributed by atoms with van der Waals surface area (Å²) in [5, 5.41) is 5.24. The lowest BCUT2D eigenvalue weighted by Gasteiger charge is -2.11. The summed E-state index contributed by atoms with van der Waals surface area (Å²) in [5.74, 6) is -0.661. The molecule has 2 aromatic rings. The Morgan fingerprint density at radius 1 is 0.833 bits per heavy atom. The van der Waals surface area contributed by atoms with Crippen LogP contribution in [0.25, 0.3) is 0 Å². The smallest absolute Gasteiger partial charge is 0.326 e. The first kappa shape index (κ1) is 17.0. The van der Waals surface area contributed by atoms with Crippen LogP contribution in [0.3, 0.4) is 0 Å². The quantitative estimate of drug-likeness (QED) is 0.652. The van der Waals surface area contributed by atoms with Gasteiger partial charge in [-0.25, -0.2) is 10.2 Å². The van der Waals surface area contributed by atoms with Gasteiger partial charge in [0.25, 0.3) is 5.91 Å². The molecule has 0 atom stereocenters. The van der Waals surface area contributed by atoms with Crippen molar-refractivity contribution in [3.8, 4) is 0 Å². The predicted octanol–water partition coefficient (Wildman–Crippen LogP) is 2.42. The van der Waals surface area contributed by atoms with E-state index < -0.39 is 11.9 Å². The van der Waals surface area contributed by atoms with Gasteiger partial charge in [0, 0.05) is 23.9 Å². The van der Waals surface area contributed by atoms with E-state index in [1.54, 1.807) is 36.4 Å². The second kappa shape index (κ2) is 7.77. The van der Waals surface area contributed by atoms with Gasteiger partial charge in [0.1, 0.15) is 0 Å². The minimum absolute atomic E-state index is 0.193. The van der Waals surface area contributed by atoms with Gasteiger partial charge in [-0.3, -0.25) is 15.0 Å². The van der Waals surface area contributed by atoms with E-state index in [0.29, 0.717) is 16.9 Å². The monoisotopic (exact) mass is 326 g/mol. The molecule has 0 radical (unpaired) electrons. The first-order valence-electron chi connectivity index (χ1n) is 7.26. The van der Waals surface area contributed by atoms with Gasteiger partial charge in [-0.15, -0.1) is 0 Å². The van der Waals surface area contributed by atoms with Crippen molar-refractivity contribution < 1.29 is 14.4 Å². The van der Waals surface area contributed by atoms with Crippen molar-refractivity contribution in [2.45, 2.75) is 13.8 Å². The van der Waals surface area contributed by atoms with Gasteiger partial charge < -0.3 is 10.6 Å². The highest BCUT2D eigenvalue weighted by Crippen LogP contribution is 2.12. The average molecular weight is 326 g/mol. The molecule has 24 heavy (non-hydrogen) atoms. The Bertz CT molecular complexity index is 757. The molecule has 7 nitrogen and oxygen atoms in total. The number of carbonyl (C=O) groups is 3. The molecule has 0 spiro atoms. The molecule has 0 unspecified atom stereocenters. The lowest BCUT2D eigenvalue weighted by atomic mass is 10.2. The number of amides is 4. The molecular weight excluding hydrogens is 308 g/mol. The number of urea groups is 1. The van der Waals surface area contributed by atoms with Gasteiger partial charge in [-0.05, 0) is 42.8 Å². The Kier molecular flexibility index (Phi) is 5.51. The second-order valence-corrected chi connectivity index (χ2v) is 5.11. The molecule has 4 N–H and O–H groups in total. The Morgan fingerprint density at radius 3 is 2.12 bits per heavy atom. The van der Waals surface area contributed by atoms with E-state index >= 15 is 0 Å². The van der Waals surface area contributed by atoms with E-state index in [1.807, 2.05) is 19.1 Å². The number of nitrogens with one attached hydrogen (secondary N) is 4. The van der Waals surface area contributed by atoms with Crippen molar-refractivity contribution in [3.05, 3.63) is 59.7 Å². The van der Waals surface area contributed by atoms with E-state index in [-0.39, 0.29) is 5.91 Å². The fourth-order valence-electron chi connectivity index (χ4n) is 1.96. The van der Waals surface area contributed by atoms with Gasteiger partial charge in [-0.1, -0.05) is 18.2 Å². The van der Waals surface area contributed by atoms with Crippen LogP contribution in [-0.2, 0) is 4.79 Å². The van der Waals surface area contributed by atoms with Crippen molar-refractivity contribution in [2.75, 3.05) is 10.6 Å². The molecular formula is C17H18N4O3. The first-order valence-corrected chi connectivity index (χ1v) is 7.26. The minimum atomic E-state index is -0.549. The van der Waals surface area contributed by atoms with E-state index in [1.165, 1.54) is 6.92 Å². The van der Waals surface area contributed by atoms with Crippen molar-refractivity contribution in [1.29, 1.82) is 0 Å². The van der Waals surface area contributed by atoms with Gasteiger partial charge in [0.15, 0.2) is 0 Å². The molecule has 0 saturated heterocycles. The Balaban J connectivity index is 1.87. The first-order chi connectivity index (χ1) is 11.5. The number of para-hydroxylation sites is 1. The maximum atomic E-state index is 12.0. The van der Waals surface area contributed by atoms with Crippen LogP contribution in [0.4, 0.5) is 16.2 Å². The molecule has 4 amide bonds. The second-order valence-electron chi connectivity index (χ2n) is 5.11. The summed E-state index contributed by atoms with van der Waals surface area (Å²) >= 11 is 0. The Labute approximate surface area is 139 Å². The molecule has 7 heteroatoms. The van der Waals surface area contributed by atoms with Crippen molar-refractivity contribution in [2.24, 2.45) is 0 Å². The molecule has 0 aliphatic carbocycles. The molecule has 0 fully saturated rings. The largest absolute Gasteiger partial charge is 0.337 e. The number of anilines is 2. The highest BCUT2D eigenvalue weighted by atomic mass is 16.2. The number of rotatable bonds is 3. The summed E-state index contributed by atoms with van der Waals surface area (Å²) in [7, 11) is 0. The fourth-order valence-corrected chi connectivity index (χ4v) is 1.96. The van der Waals surface area contributed by atoms with Crippen LogP contribution in [0.15, 0.2) is 48.5 Å². The van der Waals surface area contributed by atoms with E-state index in [9.17, 15) is 14.4 Å². The summed E-state index contributed by atoms with van der Waals surface area (Å²) in [5.41, 5.74) is 7.10. The average Bonchev–Trinajstić information content (AvgIpc) is 2.55. The third-order valence-corrected chi connectivity index (χ3v) is 3.15.